The average molecular weight is 227 g/mol. The van der Waals surface area contributed by atoms with E-state index >= 15 is 0 Å². The minimum Gasteiger partial charge on any atom is -0.497 e. The van der Waals surface area contributed by atoms with Crippen molar-refractivity contribution in [1.82, 2.24) is 0 Å². The molecule has 0 saturated heterocycles. The predicted molar refractivity (Wildman–Crippen MR) is 66.8 cm³/mol. The summed E-state index contributed by atoms with van der Waals surface area (Å²) < 4.78 is 10.7. The summed E-state index contributed by atoms with van der Waals surface area (Å²) in [6.45, 7) is 1.24. The van der Waals surface area contributed by atoms with E-state index in [2.05, 4.69) is 6.07 Å². The third-order valence-corrected chi connectivity index (χ3v) is 2.48. The van der Waals surface area contributed by atoms with Gasteiger partial charge in [-0.3, -0.25) is 0 Å². The molecule has 0 saturated carbocycles. The molecule has 0 aliphatic rings. The van der Waals surface area contributed by atoms with Crippen LogP contribution in [0.3, 0.4) is 0 Å². The third kappa shape index (κ3) is 3.61. The second-order valence-corrected chi connectivity index (χ2v) is 3.75. The van der Waals surface area contributed by atoms with E-state index in [4.69, 9.17) is 9.47 Å². The Kier molecular flexibility index (Phi) is 4.17. The van der Waals surface area contributed by atoms with Crippen molar-refractivity contribution >= 4 is 0 Å². The van der Waals surface area contributed by atoms with Gasteiger partial charge in [-0.1, -0.05) is 36.4 Å². The largest absolute Gasteiger partial charge is 0.497 e. The van der Waals surface area contributed by atoms with Gasteiger partial charge >= 0.3 is 0 Å². The average Bonchev–Trinajstić information content (AvgIpc) is 2.41. The minimum absolute atomic E-state index is 0.614. The van der Waals surface area contributed by atoms with Crippen LogP contribution in [0.5, 0.6) is 5.75 Å². The molecule has 2 nitrogen and oxygen atoms in total. The molecule has 0 aliphatic heterocycles. The van der Waals surface area contributed by atoms with Crippen LogP contribution in [0, 0.1) is 6.07 Å². The maximum atomic E-state index is 5.62. The Bertz CT molecular complexity index is 434. The normalized spacial score (nSPS) is 10.2. The Balaban J connectivity index is 1.82. The monoisotopic (exact) mass is 227 g/mol. The second kappa shape index (κ2) is 6.06. The summed E-state index contributed by atoms with van der Waals surface area (Å²) in [4.78, 5) is 0. The molecule has 87 valence electrons. The molecule has 2 heteroatoms. The highest BCUT2D eigenvalue weighted by Crippen LogP contribution is 2.12. The first kappa shape index (κ1) is 11.7. The molecular formula is C15H15O2. The van der Waals surface area contributed by atoms with Gasteiger partial charge in [-0.25, -0.2) is 0 Å². The minimum atomic E-state index is 0.614. The number of ether oxygens (including phenoxy) is 2. The molecule has 0 heterocycles. The van der Waals surface area contributed by atoms with Crippen molar-refractivity contribution in [2.45, 2.75) is 13.2 Å². The first-order chi connectivity index (χ1) is 8.38. The Labute approximate surface area is 102 Å². The van der Waals surface area contributed by atoms with Crippen molar-refractivity contribution in [1.29, 1.82) is 0 Å². The smallest absolute Gasteiger partial charge is 0.118 e. The van der Waals surface area contributed by atoms with Crippen molar-refractivity contribution in [2.24, 2.45) is 0 Å². The van der Waals surface area contributed by atoms with Gasteiger partial charge in [-0.05, 0) is 29.3 Å². The zero-order valence-electron chi connectivity index (χ0n) is 9.85. The van der Waals surface area contributed by atoms with E-state index in [9.17, 15) is 0 Å². The summed E-state index contributed by atoms with van der Waals surface area (Å²) in [5.41, 5.74) is 2.31. The van der Waals surface area contributed by atoms with Crippen LogP contribution in [0.2, 0.25) is 0 Å². The summed E-state index contributed by atoms with van der Waals surface area (Å²) in [5, 5.41) is 0. The van der Waals surface area contributed by atoms with Crippen molar-refractivity contribution in [3.8, 4) is 5.75 Å². The second-order valence-electron chi connectivity index (χ2n) is 3.75. The number of hydrogen-bond acceptors (Lipinski definition) is 2. The van der Waals surface area contributed by atoms with Gasteiger partial charge in [0.15, 0.2) is 0 Å². The fraction of sp³-hybridized carbons (Fsp3) is 0.200. The summed E-state index contributed by atoms with van der Waals surface area (Å²) >= 11 is 0. The summed E-state index contributed by atoms with van der Waals surface area (Å²) in [7, 11) is 1.66. The molecule has 17 heavy (non-hydrogen) atoms. The lowest BCUT2D eigenvalue weighted by Gasteiger charge is -2.05. The molecule has 2 aromatic rings. The first-order valence-corrected chi connectivity index (χ1v) is 5.54. The zero-order valence-corrected chi connectivity index (χ0v) is 9.85. The lowest BCUT2D eigenvalue weighted by molar-refractivity contribution is 0.107. The fourth-order valence-electron chi connectivity index (χ4n) is 1.53. The van der Waals surface area contributed by atoms with E-state index in [0.29, 0.717) is 13.2 Å². The molecular weight excluding hydrogens is 212 g/mol. The maximum absolute atomic E-state index is 5.62. The van der Waals surface area contributed by atoms with Gasteiger partial charge in [-0.2, -0.15) is 0 Å². The van der Waals surface area contributed by atoms with Crippen LogP contribution in [0.15, 0.2) is 48.5 Å². The van der Waals surface area contributed by atoms with Crippen molar-refractivity contribution in [3.63, 3.8) is 0 Å². The summed E-state index contributed by atoms with van der Waals surface area (Å²) in [5.74, 6) is 0.868. The van der Waals surface area contributed by atoms with Crippen LogP contribution in [0.4, 0.5) is 0 Å². The summed E-state index contributed by atoms with van der Waals surface area (Å²) in [6, 6.07) is 18.7. The molecule has 0 bridgehead atoms. The van der Waals surface area contributed by atoms with E-state index < -0.39 is 0 Å². The highest BCUT2D eigenvalue weighted by molar-refractivity contribution is 5.26. The highest BCUT2D eigenvalue weighted by atomic mass is 16.5. The number of hydrogen-bond donors (Lipinski definition) is 0. The highest BCUT2D eigenvalue weighted by Gasteiger charge is 1.96. The molecule has 0 aromatic heterocycles. The Morgan fingerprint density at radius 1 is 0.882 bits per heavy atom. The molecule has 0 amide bonds. The molecule has 0 atom stereocenters. The number of methoxy groups -OCH3 is 1. The molecule has 0 fully saturated rings. The zero-order chi connectivity index (χ0) is 11.9. The third-order valence-electron chi connectivity index (χ3n) is 2.48. The topological polar surface area (TPSA) is 18.5 Å². The summed E-state index contributed by atoms with van der Waals surface area (Å²) in [6.07, 6.45) is 0. The van der Waals surface area contributed by atoms with Crippen LogP contribution in [-0.2, 0) is 18.0 Å². The van der Waals surface area contributed by atoms with E-state index in [1.165, 1.54) is 0 Å². The fourth-order valence-corrected chi connectivity index (χ4v) is 1.53. The van der Waals surface area contributed by atoms with Crippen LogP contribution in [-0.4, -0.2) is 7.11 Å². The van der Waals surface area contributed by atoms with E-state index in [1.54, 1.807) is 7.11 Å². The molecule has 0 spiro atoms. The molecule has 0 aliphatic carbocycles. The molecule has 2 aromatic carbocycles. The molecule has 2 rings (SSSR count). The standard InChI is InChI=1S/C15H15O2/c1-16-15-9-7-14(8-10-15)12-17-11-13-5-3-2-4-6-13/h3-10H,11-12H2,1H3. The van der Waals surface area contributed by atoms with Crippen molar-refractivity contribution < 1.29 is 9.47 Å². The molecule has 1 radical (unpaired) electrons. The van der Waals surface area contributed by atoms with E-state index in [-0.39, 0.29) is 0 Å². The number of rotatable bonds is 5. The van der Waals surface area contributed by atoms with Gasteiger partial charge in [0.05, 0.1) is 20.3 Å². The van der Waals surface area contributed by atoms with Crippen LogP contribution >= 0.6 is 0 Å². The van der Waals surface area contributed by atoms with Crippen LogP contribution < -0.4 is 4.74 Å². The van der Waals surface area contributed by atoms with Gasteiger partial charge in [0, 0.05) is 0 Å². The van der Waals surface area contributed by atoms with Crippen LogP contribution in [0.1, 0.15) is 11.1 Å². The molecule has 0 unspecified atom stereocenters. The van der Waals surface area contributed by atoms with Gasteiger partial charge in [0.25, 0.3) is 0 Å². The Morgan fingerprint density at radius 2 is 1.47 bits per heavy atom. The van der Waals surface area contributed by atoms with E-state index in [1.807, 2.05) is 48.5 Å². The van der Waals surface area contributed by atoms with Gasteiger partial charge in [0.1, 0.15) is 5.75 Å². The predicted octanol–water partition coefficient (Wildman–Crippen LogP) is 3.21. The Morgan fingerprint density at radius 3 is 2.06 bits per heavy atom. The number of benzene rings is 2. The van der Waals surface area contributed by atoms with Gasteiger partial charge in [0.2, 0.25) is 0 Å². The first-order valence-electron chi connectivity index (χ1n) is 5.54. The van der Waals surface area contributed by atoms with Crippen LogP contribution in [0.25, 0.3) is 0 Å². The Hall–Kier alpha value is -1.80. The van der Waals surface area contributed by atoms with E-state index in [0.717, 1.165) is 16.9 Å². The quantitative estimate of drug-likeness (QED) is 0.780. The van der Waals surface area contributed by atoms with Gasteiger partial charge in [-0.15, -0.1) is 0 Å². The maximum Gasteiger partial charge on any atom is 0.118 e. The lowest BCUT2D eigenvalue weighted by atomic mass is 10.2. The van der Waals surface area contributed by atoms with Crippen molar-refractivity contribution in [2.75, 3.05) is 7.11 Å². The SMILES string of the molecule is COc1ccc(COCc2cc[c]cc2)cc1. The molecule has 0 N–H and O–H groups in total. The van der Waals surface area contributed by atoms with Crippen molar-refractivity contribution in [3.05, 3.63) is 65.7 Å². The lowest BCUT2D eigenvalue weighted by Crippen LogP contribution is -1.94. The van der Waals surface area contributed by atoms with Gasteiger partial charge < -0.3 is 9.47 Å².